The maximum Gasteiger partial charge on any atom is 0.255 e. The van der Waals surface area contributed by atoms with Gasteiger partial charge in [-0.05, 0) is 62.2 Å². The molecule has 0 spiro atoms. The zero-order valence-electron chi connectivity index (χ0n) is 24.9. The summed E-state index contributed by atoms with van der Waals surface area (Å²) in [7, 11) is 9.34. The maximum atomic E-state index is 14.2. The second-order valence-electron chi connectivity index (χ2n) is 12.1. The number of anilines is 1. The van der Waals surface area contributed by atoms with Gasteiger partial charge in [0.15, 0.2) is 23.1 Å². The first kappa shape index (κ1) is 31.3. The predicted octanol–water partition coefficient (Wildman–Crippen LogP) is 1.77. The topological polar surface area (TPSA) is 197 Å². The van der Waals surface area contributed by atoms with Crippen LogP contribution in [0.1, 0.15) is 33.5 Å². The number of hydrogen-bond acceptors (Lipinski definition) is 11. The Morgan fingerprint density at radius 1 is 1.05 bits per heavy atom. The Morgan fingerprint density at radius 2 is 1.73 bits per heavy atom. The van der Waals surface area contributed by atoms with E-state index in [0.29, 0.717) is 22.4 Å². The van der Waals surface area contributed by atoms with Crippen LogP contribution in [0.5, 0.6) is 17.2 Å². The Kier molecular flexibility index (Phi) is 7.90. The standard InChI is InChI=1S/C31H37N4O8P/c1-34(2)18-10-15(12-33-11-13-5-6-19(36)20(37)7-13)25(38)22-16(18)8-14-9-17-24(35(3)4)27(40)23(30(32)43)29(42)31(17,44)28(41)21(14)26(22)39/h5-7,10,14,17,24,33,36-38,40-41H,8-9,11-12,44H2,1-4H3,(H2,32,43)/t14-,17-,24-,31-/m0/s1. The summed E-state index contributed by atoms with van der Waals surface area (Å²) in [4.78, 5) is 43.7. The minimum absolute atomic E-state index is 0.00972. The van der Waals surface area contributed by atoms with Gasteiger partial charge in [0.1, 0.15) is 28.0 Å². The number of nitrogens with one attached hydrogen (secondary N) is 1. The van der Waals surface area contributed by atoms with Gasteiger partial charge in [-0.2, -0.15) is 0 Å². The molecule has 13 heteroatoms. The Morgan fingerprint density at radius 3 is 2.32 bits per heavy atom. The Labute approximate surface area is 256 Å². The highest BCUT2D eigenvalue weighted by Gasteiger charge is 2.61. The average Bonchev–Trinajstić information content (AvgIpc) is 2.93. The van der Waals surface area contributed by atoms with Crippen LogP contribution in [-0.4, -0.2) is 87.3 Å². The van der Waals surface area contributed by atoms with Gasteiger partial charge >= 0.3 is 0 Å². The number of allylic oxidation sites excluding steroid dienone is 2. The van der Waals surface area contributed by atoms with Crippen LogP contribution in [0.2, 0.25) is 0 Å². The van der Waals surface area contributed by atoms with Crippen molar-refractivity contribution in [2.24, 2.45) is 17.6 Å². The van der Waals surface area contributed by atoms with Crippen molar-refractivity contribution in [2.45, 2.75) is 37.1 Å². The number of aliphatic hydroxyl groups is 2. The number of ketones is 2. The average molecular weight is 625 g/mol. The predicted molar refractivity (Wildman–Crippen MR) is 166 cm³/mol. The second-order valence-corrected chi connectivity index (χ2v) is 13.1. The number of aromatic hydroxyl groups is 3. The molecule has 0 fully saturated rings. The fourth-order valence-corrected chi connectivity index (χ4v) is 7.60. The number of phenols is 3. The smallest absolute Gasteiger partial charge is 0.255 e. The molecule has 0 radical (unpaired) electrons. The lowest BCUT2D eigenvalue weighted by Gasteiger charge is -2.51. The van der Waals surface area contributed by atoms with Crippen molar-refractivity contribution < 1.29 is 39.9 Å². The lowest BCUT2D eigenvalue weighted by atomic mass is 9.60. The van der Waals surface area contributed by atoms with E-state index in [2.05, 4.69) is 14.6 Å². The van der Waals surface area contributed by atoms with E-state index in [1.807, 2.05) is 19.0 Å². The van der Waals surface area contributed by atoms with E-state index in [0.717, 1.165) is 0 Å². The third-order valence-corrected chi connectivity index (χ3v) is 10.0. The molecule has 0 aromatic heterocycles. The van der Waals surface area contributed by atoms with E-state index in [1.54, 1.807) is 31.1 Å². The van der Waals surface area contributed by atoms with E-state index in [-0.39, 0.29) is 54.3 Å². The van der Waals surface area contributed by atoms with E-state index < -0.39 is 57.6 Å². The van der Waals surface area contributed by atoms with Crippen molar-refractivity contribution >= 4 is 32.4 Å². The summed E-state index contributed by atoms with van der Waals surface area (Å²) in [5.74, 6) is -5.59. The first-order valence-electron chi connectivity index (χ1n) is 14.1. The van der Waals surface area contributed by atoms with Crippen LogP contribution in [-0.2, 0) is 29.1 Å². The van der Waals surface area contributed by atoms with Gasteiger partial charge in [0.05, 0.1) is 11.6 Å². The number of nitrogens with two attached hydrogens (primary N) is 1. The number of phenolic OH excluding ortho intramolecular Hbond substituents is 3. The molecule has 0 aliphatic heterocycles. The zero-order chi connectivity index (χ0) is 32.4. The van der Waals surface area contributed by atoms with Crippen LogP contribution >= 0.6 is 9.24 Å². The molecule has 3 aliphatic rings. The van der Waals surface area contributed by atoms with Crippen LogP contribution in [0.15, 0.2) is 46.9 Å². The molecular weight excluding hydrogens is 587 g/mol. The monoisotopic (exact) mass is 624 g/mol. The first-order chi connectivity index (χ1) is 20.6. The maximum absolute atomic E-state index is 14.2. The van der Waals surface area contributed by atoms with Gasteiger partial charge in [-0.25, -0.2) is 0 Å². The van der Waals surface area contributed by atoms with E-state index in [4.69, 9.17) is 5.73 Å². The molecule has 0 bridgehead atoms. The summed E-state index contributed by atoms with van der Waals surface area (Å²) in [6.07, 6.45) is 0.510. The third kappa shape index (κ3) is 4.68. The lowest BCUT2D eigenvalue weighted by molar-refractivity contribution is -0.125. The number of nitrogens with zero attached hydrogens (tertiary/aromatic N) is 2. The summed E-state index contributed by atoms with van der Waals surface area (Å²) >= 11 is 0. The fourth-order valence-electron chi connectivity index (χ4n) is 6.98. The number of primary amides is 1. The summed E-state index contributed by atoms with van der Waals surface area (Å²) < 4.78 is 0. The lowest BCUT2D eigenvalue weighted by Crippen LogP contribution is -2.60. The number of amides is 1. The van der Waals surface area contributed by atoms with Gasteiger partial charge in [0.25, 0.3) is 5.91 Å². The van der Waals surface area contributed by atoms with Crippen LogP contribution in [0.3, 0.4) is 0 Å². The van der Waals surface area contributed by atoms with Crippen molar-refractivity contribution in [3.05, 3.63) is 69.2 Å². The molecule has 5 rings (SSSR count). The Bertz CT molecular complexity index is 1670. The molecule has 5 atom stereocenters. The van der Waals surface area contributed by atoms with Crippen molar-refractivity contribution in [2.75, 3.05) is 33.1 Å². The zero-order valence-corrected chi connectivity index (χ0v) is 26.0. The molecule has 8 N–H and O–H groups in total. The van der Waals surface area contributed by atoms with Gasteiger partial charge < -0.3 is 41.5 Å². The Balaban J connectivity index is 1.58. The third-order valence-electron chi connectivity index (χ3n) is 9.05. The molecular formula is C31H37N4O8P. The highest BCUT2D eigenvalue weighted by molar-refractivity contribution is 7.22. The number of fused-ring (bicyclic) bond motifs is 3. The summed E-state index contributed by atoms with van der Waals surface area (Å²) in [6, 6.07) is 5.39. The first-order valence-corrected chi connectivity index (χ1v) is 14.7. The summed E-state index contributed by atoms with van der Waals surface area (Å²) in [6.45, 7) is 0.437. The normalized spacial score (nSPS) is 24.7. The fraction of sp³-hybridized carbons (Fsp3) is 0.387. The second kappa shape index (κ2) is 11.1. The number of carbonyl (C=O) groups is 3. The molecule has 12 nitrogen and oxygen atoms in total. The molecule has 0 saturated heterocycles. The van der Waals surface area contributed by atoms with E-state index >= 15 is 0 Å². The molecule has 1 amide bonds. The van der Waals surface area contributed by atoms with Gasteiger partial charge in [-0.1, -0.05) is 6.07 Å². The van der Waals surface area contributed by atoms with Gasteiger partial charge in [0, 0.05) is 49.9 Å². The Hall–Kier alpha value is -4.12. The van der Waals surface area contributed by atoms with Crippen molar-refractivity contribution in [1.82, 2.24) is 10.2 Å². The molecule has 2 aromatic carbocycles. The van der Waals surface area contributed by atoms with Crippen LogP contribution in [0.4, 0.5) is 5.69 Å². The summed E-state index contributed by atoms with van der Waals surface area (Å²) in [5, 5.41) is 55.0. The largest absolute Gasteiger partial charge is 0.510 e. The minimum atomic E-state index is -1.79. The van der Waals surface area contributed by atoms with Crippen molar-refractivity contribution in [3.8, 4) is 17.2 Å². The number of carbonyl (C=O) groups excluding carboxylic acids is 3. The number of aliphatic hydroxyl groups excluding tert-OH is 2. The SMILES string of the molecule is CN(C)c1cc(CNCc2ccc(O)c(O)c2)c(O)c2c1C[C@H]1C[C@H]3[C@H](N(C)C)C(O)=C(C(N)=O)C(=O)[C@@]3(P)C(O)=C1C2=O. The number of hydrogen-bond donors (Lipinski definition) is 7. The van der Waals surface area contributed by atoms with E-state index in [9.17, 15) is 39.9 Å². The van der Waals surface area contributed by atoms with Crippen molar-refractivity contribution in [1.29, 1.82) is 0 Å². The molecule has 0 heterocycles. The quantitative estimate of drug-likeness (QED) is 0.135. The number of Topliss-reactive ketones (excluding diaryl/α,β-unsaturated/α-hetero) is 2. The summed E-state index contributed by atoms with van der Waals surface area (Å²) in [5.41, 5.74) is 7.31. The molecule has 2 aromatic rings. The molecule has 234 valence electrons. The van der Waals surface area contributed by atoms with Crippen LogP contribution in [0.25, 0.3) is 0 Å². The van der Waals surface area contributed by atoms with Crippen molar-refractivity contribution in [3.63, 3.8) is 0 Å². The molecule has 1 unspecified atom stereocenters. The highest BCUT2D eigenvalue weighted by Crippen LogP contribution is 2.56. The highest BCUT2D eigenvalue weighted by atomic mass is 31.0. The van der Waals surface area contributed by atoms with Gasteiger partial charge in [-0.15, -0.1) is 9.24 Å². The molecule has 0 saturated carbocycles. The minimum Gasteiger partial charge on any atom is -0.510 e. The number of benzene rings is 2. The molecule has 3 aliphatic carbocycles. The molecule has 44 heavy (non-hydrogen) atoms. The van der Waals surface area contributed by atoms with Gasteiger partial charge in [-0.3, -0.25) is 19.3 Å². The van der Waals surface area contributed by atoms with E-state index in [1.165, 1.54) is 12.1 Å². The van der Waals surface area contributed by atoms with Crippen LogP contribution < -0.4 is 16.0 Å². The van der Waals surface area contributed by atoms with Crippen LogP contribution in [0, 0.1) is 11.8 Å². The number of rotatable bonds is 7. The van der Waals surface area contributed by atoms with Gasteiger partial charge in [0.2, 0.25) is 0 Å². The number of likely N-dealkylation sites (N-methyl/N-ethyl adjacent to an activating group) is 1.